The monoisotopic (exact) mass is 385 g/mol. The molecule has 1 N–H and O–H groups in total. The number of amides is 1. The van der Waals surface area contributed by atoms with Crippen LogP contribution in [0.4, 0.5) is 0 Å². The Morgan fingerprint density at radius 3 is 2.32 bits per heavy atom. The molecule has 3 rings (SSSR count). The third-order valence-corrected chi connectivity index (χ3v) is 5.31. The number of ether oxygens (including phenoxy) is 3. The minimum absolute atomic E-state index is 0.0151. The van der Waals surface area contributed by atoms with Crippen molar-refractivity contribution in [2.45, 2.75) is 24.9 Å². The number of rotatable bonds is 6. The number of piperidine rings is 1. The van der Waals surface area contributed by atoms with Crippen LogP contribution in [0.25, 0.3) is 0 Å². The van der Waals surface area contributed by atoms with E-state index in [9.17, 15) is 9.90 Å². The number of aliphatic hydroxyl groups is 1. The van der Waals surface area contributed by atoms with E-state index in [0.29, 0.717) is 31.0 Å². The summed E-state index contributed by atoms with van der Waals surface area (Å²) < 4.78 is 15.8. The van der Waals surface area contributed by atoms with Gasteiger partial charge in [-0.1, -0.05) is 12.1 Å². The Hall–Kier alpha value is -2.73. The average molecular weight is 385 g/mol. The summed E-state index contributed by atoms with van der Waals surface area (Å²) in [5.41, 5.74) is 1.84. The molecular formula is C22H27NO5. The molecule has 2 aromatic rings. The zero-order valence-electron chi connectivity index (χ0n) is 16.6. The van der Waals surface area contributed by atoms with Gasteiger partial charge in [-0.2, -0.15) is 0 Å². The molecule has 1 aliphatic heterocycles. The molecule has 0 aromatic heterocycles. The molecule has 0 radical (unpaired) electrons. The third-order valence-electron chi connectivity index (χ3n) is 5.31. The summed E-state index contributed by atoms with van der Waals surface area (Å²) in [4.78, 5) is 14.5. The lowest BCUT2D eigenvalue weighted by Crippen LogP contribution is -2.46. The lowest BCUT2D eigenvalue weighted by atomic mass is 9.87. The molecule has 28 heavy (non-hydrogen) atoms. The van der Waals surface area contributed by atoms with Crippen LogP contribution in [0.5, 0.6) is 17.2 Å². The highest BCUT2D eigenvalue weighted by molar-refractivity contribution is 5.80. The van der Waals surface area contributed by atoms with Gasteiger partial charge in [-0.05, 0) is 42.3 Å². The van der Waals surface area contributed by atoms with E-state index in [2.05, 4.69) is 0 Å². The second-order valence-corrected chi connectivity index (χ2v) is 6.93. The lowest BCUT2D eigenvalue weighted by molar-refractivity contribution is -0.134. The molecule has 1 saturated heterocycles. The highest BCUT2D eigenvalue weighted by Crippen LogP contribution is 2.31. The van der Waals surface area contributed by atoms with Gasteiger partial charge in [0.15, 0.2) is 0 Å². The normalized spacial score (nSPS) is 19.2. The second-order valence-electron chi connectivity index (χ2n) is 6.93. The molecular weight excluding hydrogens is 358 g/mol. The molecule has 0 unspecified atom stereocenters. The Bertz CT molecular complexity index is 805. The Morgan fingerprint density at radius 2 is 1.71 bits per heavy atom. The van der Waals surface area contributed by atoms with E-state index in [1.165, 1.54) is 0 Å². The van der Waals surface area contributed by atoms with Gasteiger partial charge >= 0.3 is 0 Å². The first-order chi connectivity index (χ1) is 13.5. The van der Waals surface area contributed by atoms with Crippen LogP contribution in [0.3, 0.4) is 0 Å². The Balaban J connectivity index is 1.65. The van der Waals surface area contributed by atoms with Crippen LogP contribution in [-0.4, -0.2) is 56.4 Å². The molecule has 6 heteroatoms. The number of carbonyl (C=O) groups excluding carboxylic acids is 1. The topological polar surface area (TPSA) is 68.2 Å². The third kappa shape index (κ3) is 4.39. The van der Waals surface area contributed by atoms with Crippen LogP contribution in [0.15, 0.2) is 42.5 Å². The number of carbonyl (C=O) groups is 1. The van der Waals surface area contributed by atoms with Crippen LogP contribution in [0.2, 0.25) is 0 Å². The smallest absolute Gasteiger partial charge is 0.227 e. The number of likely N-dealkylation sites (tertiary alicyclic amines) is 1. The van der Waals surface area contributed by atoms with E-state index in [4.69, 9.17) is 14.2 Å². The van der Waals surface area contributed by atoms with Crippen LogP contribution in [-0.2, 0) is 11.2 Å². The fourth-order valence-corrected chi connectivity index (χ4v) is 3.69. The quantitative estimate of drug-likeness (QED) is 0.828. The van der Waals surface area contributed by atoms with Crippen LogP contribution < -0.4 is 14.2 Å². The molecule has 0 bridgehead atoms. The fraction of sp³-hybridized carbons (Fsp3) is 0.409. The molecule has 0 aliphatic carbocycles. The number of hydrogen-bond donors (Lipinski definition) is 1. The number of methoxy groups -OCH3 is 3. The van der Waals surface area contributed by atoms with Gasteiger partial charge < -0.3 is 24.2 Å². The first kappa shape index (κ1) is 20.0. The van der Waals surface area contributed by atoms with Gasteiger partial charge in [-0.25, -0.2) is 0 Å². The summed E-state index contributed by atoms with van der Waals surface area (Å²) in [6.45, 7) is 0.931. The average Bonchev–Trinajstić information content (AvgIpc) is 2.73. The number of nitrogens with zero attached hydrogens (tertiary/aromatic N) is 1. The van der Waals surface area contributed by atoms with Crippen molar-refractivity contribution in [2.24, 2.45) is 0 Å². The Labute approximate surface area is 165 Å². The molecule has 2 atom stereocenters. The molecule has 2 aromatic carbocycles. The maximum absolute atomic E-state index is 12.8. The van der Waals surface area contributed by atoms with Gasteiger partial charge in [0.25, 0.3) is 0 Å². The lowest BCUT2D eigenvalue weighted by Gasteiger charge is -2.36. The van der Waals surface area contributed by atoms with Crippen molar-refractivity contribution < 1.29 is 24.1 Å². The van der Waals surface area contributed by atoms with Gasteiger partial charge in [-0.3, -0.25) is 4.79 Å². The molecule has 1 fully saturated rings. The summed E-state index contributed by atoms with van der Waals surface area (Å²) in [7, 11) is 4.80. The van der Waals surface area contributed by atoms with Crippen LogP contribution >= 0.6 is 0 Å². The van der Waals surface area contributed by atoms with Crippen LogP contribution in [0, 0.1) is 0 Å². The summed E-state index contributed by atoms with van der Waals surface area (Å²) in [6.07, 6.45) is 0.327. The highest BCUT2D eigenvalue weighted by Gasteiger charge is 2.31. The molecule has 0 spiro atoms. The van der Waals surface area contributed by atoms with Crippen molar-refractivity contribution in [3.05, 3.63) is 53.6 Å². The Kier molecular flexibility index (Phi) is 6.41. The maximum Gasteiger partial charge on any atom is 0.227 e. The number of hydrogen-bond acceptors (Lipinski definition) is 5. The molecule has 1 heterocycles. The minimum Gasteiger partial charge on any atom is -0.497 e. The first-order valence-corrected chi connectivity index (χ1v) is 9.36. The predicted octanol–water partition coefficient (Wildman–Crippen LogP) is 2.63. The molecule has 150 valence electrons. The van der Waals surface area contributed by atoms with Gasteiger partial charge in [0.2, 0.25) is 5.91 Å². The number of benzene rings is 2. The summed E-state index contributed by atoms with van der Waals surface area (Å²) in [5, 5.41) is 10.6. The largest absolute Gasteiger partial charge is 0.497 e. The van der Waals surface area contributed by atoms with Crippen molar-refractivity contribution in [1.82, 2.24) is 4.90 Å². The summed E-state index contributed by atoms with van der Waals surface area (Å²) in [5.74, 6) is 2.11. The zero-order chi connectivity index (χ0) is 20.1. The minimum atomic E-state index is -0.599. The van der Waals surface area contributed by atoms with E-state index in [1.807, 2.05) is 30.3 Å². The highest BCUT2D eigenvalue weighted by atomic mass is 16.5. The van der Waals surface area contributed by atoms with Gasteiger partial charge in [-0.15, -0.1) is 0 Å². The standard InChI is InChI=1S/C22H27NO5/c1-26-17-6-4-15(5-7-17)19-10-11-23(14-20(19)24)22(25)13-16-12-18(27-2)8-9-21(16)28-3/h4-9,12,19-20,24H,10-11,13-14H2,1-3H3/t19-,20+/m0/s1. The zero-order valence-corrected chi connectivity index (χ0v) is 16.6. The maximum atomic E-state index is 12.8. The number of aliphatic hydroxyl groups excluding tert-OH is 1. The van der Waals surface area contributed by atoms with Crippen molar-refractivity contribution in [2.75, 3.05) is 34.4 Å². The predicted molar refractivity (Wildman–Crippen MR) is 106 cm³/mol. The summed E-state index contributed by atoms with van der Waals surface area (Å²) in [6, 6.07) is 13.2. The SMILES string of the molecule is COc1ccc([C@@H]2CCN(C(=O)Cc3cc(OC)ccc3OC)C[C@H]2O)cc1. The van der Waals surface area contributed by atoms with E-state index >= 15 is 0 Å². The van der Waals surface area contributed by atoms with Gasteiger partial charge in [0, 0.05) is 24.6 Å². The van der Waals surface area contributed by atoms with Crippen LogP contribution in [0.1, 0.15) is 23.5 Å². The van der Waals surface area contributed by atoms with Gasteiger partial charge in [0.1, 0.15) is 17.2 Å². The van der Waals surface area contributed by atoms with Crippen molar-refractivity contribution >= 4 is 5.91 Å². The molecule has 0 saturated carbocycles. The summed E-state index contributed by atoms with van der Waals surface area (Å²) >= 11 is 0. The van der Waals surface area contributed by atoms with Crippen molar-refractivity contribution in [3.63, 3.8) is 0 Å². The first-order valence-electron chi connectivity index (χ1n) is 9.36. The van der Waals surface area contributed by atoms with Crippen molar-refractivity contribution in [1.29, 1.82) is 0 Å². The molecule has 1 aliphatic rings. The van der Waals surface area contributed by atoms with E-state index in [1.54, 1.807) is 38.4 Å². The molecule has 6 nitrogen and oxygen atoms in total. The Morgan fingerprint density at radius 1 is 1.04 bits per heavy atom. The molecule has 1 amide bonds. The fourth-order valence-electron chi connectivity index (χ4n) is 3.69. The van der Waals surface area contributed by atoms with E-state index < -0.39 is 6.10 Å². The van der Waals surface area contributed by atoms with Crippen molar-refractivity contribution in [3.8, 4) is 17.2 Å². The second kappa shape index (κ2) is 8.97. The van der Waals surface area contributed by atoms with E-state index in [0.717, 1.165) is 16.9 Å². The number of β-amino-alcohol motifs (C(OH)–C–C–N with tert-alkyl or cyclic N) is 1. The van der Waals surface area contributed by atoms with E-state index in [-0.39, 0.29) is 18.2 Å². The van der Waals surface area contributed by atoms with Gasteiger partial charge in [0.05, 0.1) is 33.9 Å².